The standard InChI is InChI=1S/C14H12ClN5OS/c1-9-3-4-10(7-11(9)15)17-12(21)8-22-14-19-18-13-16-5-2-6-20(13)14/h2-7H,8H2,1H3,(H,17,21). The quantitative estimate of drug-likeness (QED) is 0.743. The highest BCUT2D eigenvalue weighted by Gasteiger charge is 2.10. The zero-order valence-corrected chi connectivity index (χ0v) is 13.2. The van der Waals surface area contributed by atoms with Gasteiger partial charge in [0.1, 0.15) is 0 Å². The number of nitrogens with one attached hydrogen (secondary N) is 1. The Balaban J connectivity index is 1.63. The van der Waals surface area contributed by atoms with Gasteiger partial charge >= 0.3 is 0 Å². The lowest BCUT2D eigenvalue weighted by molar-refractivity contribution is -0.113. The van der Waals surface area contributed by atoms with Crippen LogP contribution in [0, 0.1) is 6.92 Å². The summed E-state index contributed by atoms with van der Waals surface area (Å²) in [5.41, 5.74) is 1.64. The van der Waals surface area contributed by atoms with E-state index in [-0.39, 0.29) is 11.7 Å². The average molecular weight is 334 g/mol. The molecule has 6 nitrogen and oxygen atoms in total. The molecule has 2 aromatic heterocycles. The maximum Gasteiger partial charge on any atom is 0.255 e. The van der Waals surface area contributed by atoms with E-state index in [2.05, 4.69) is 20.5 Å². The van der Waals surface area contributed by atoms with Gasteiger partial charge in [-0.3, -0.25) is 9.20 Å². The van der Waals surface area contributed by atoms with E-state index in [4.69, 9.17) is 11.6 Å². The predicted octanol–water partition coefficient (Wildman–Crippen LogP) is 2.82. The highest BCUT2D eigenvalue weighted by Crippen LogP contribution is 2.21. The molecule has 3 rings (SSSR count). The number of nitrogens with zero attached hydrogens (tertiary/aromatic N) is 4. The van der Waals surface area contributed by atoms with E-state index in [0.29, 0.717) is 21.6 Å². The van der Waals surface area contributed by atoms with Crippen LogP contribution in [0.3, 0.4) is 0 Å². The van der Waals surface area contributed by atoms with E-state index in [1.165, 1.54) is 11.8 Å². The van der Waals surface area contributed by atoms with Crippen molar-refractivity contribution >= 4 is 40.7 Å². The second-order valence-electron chi connectivity index (χ2n) is 4.57. The summed E-state index contributed by atoms with van der Waals surface area (Å²) >= 11 is 7.33. The fourth-order valence-electron chi connectivity index (χ4n) is 1.82. The van der Waals surface area contributed by atoms with Crippen molar-refractivity contribution in [3.05, 3.63) is 47.2 Å². The molecule has 8 heteroatoms. The number of amides is 1. The Labute approximate surface area is 135 Å². The fraction of sp³-hybridized carbons (Fsp3) is 0.143. The minimum atomic E-state index is -0.134. The third-order valence-electron chi connectivity index (χ3n) is 2.95. The first-order valence-electron chi connectivity index (χ1n) is 6.48. The van der Waals surface area contributed by atoms with Crippen LogP contribution in [-0.2, 0) is 4.79 Å². The molecule has 0 aliphatic rings. The van der Waals surface area contributed by atoms with Crippen molar-refractivity contribution in [2.75, 3.05) is 11.1 Å². The summed E-state index contributed by atoms with van der Waals surface area (Å²) in [6.45, 7) is 1.91. The lowest BCUT2D eigenvalue weighted by Gasteiger charge is -2.06. The number of rotatable bonds is 4. The minimum absolute atomic E-state index is 0.134. The van der Waals surface area contributed by atoms with Gasteiger partial charge in [0.2, 0.25) is 5.91 Å². The molecule has 0 saturated heterocycles. The summed E-state index contributed by atoms with van der Waals surface area (Å²) in [6, 6.07) is 7.20. The van der Waals surface area contributed by atoms with Gasteiger partial charge < -0.3 is 5.32 Å². The fourth-order valence-corrected chi connectivity index (χ4v) is 2.71. The maximum atomic E-state index is 12.0. The lowest BCUT2D eigenvalue weighted by Crippen LogP contribution is -2.14. The van der Waals surface area contributed by atoms with E-state index in [0.717, 1.165) is 5.56 Å². The highest BCUT2D eigenvalue weighted by molar-refractivity contribution is 7.99. The number of anilines is 1. The number of benzene rings is 1. The number of carbonyl (C=O) groups is 1. The van der Waals surface area contributed by atoms with E-state index in [1.54, 1.807) is 22.7 Å². The van der Waals surface area contributed by atoms with Gasteiger partial charge in [0.15, 0.2) is 5.16 Å². The minimum Gasteiger partial charge on any atom is -0.325 e. The van der Waals surface area contributed by atoms with E-state index in [9.17, 15) is 4.79 Å². The first kappa shape index (κ1) is 14.8. The van der Waals surface area contributed by atoms with Gasteiger partial charge in [-0.15, -0.1) is 10.2 Å². The second-order valence-corrected chi connectivity index (χ2v) is 5.92. The monoisotopic (exact) mass is 333 g/mol. The molecule has 1 amide bonds. The second kappa shape index (κ2) is 6.33. The van der Waals surface area contributed by atoms with Gasteiger partial charge in [-0.2, -0.15) is 0 Å². The zero-order valence-electron chi connectivity index (χ0n) is 11.7. The summed E-state index contributed by atoms with van der Waals surface area (Å²) in [5.74, 6) is 0.600. The molecule has 0 saturated carbocycles. The number of fused-ring (bicyclic) bond motifs is 1. The molecule has 0 spiro atoms. The first-order chi connectivity index (χ1) is 10.6. The lowest BCUT2D eigenvalue weighted by atomic mass is 10.2. The van der Waals surface area contributed by atoms with Gasteiger partial charge in [-0.1, -0.05) is 29.4 Å². The van der Waals surface area contributed by atoms with Crippen LogP contribution in [0.25, 0.3) is 5.78 Å². The Hall–Kier alpha value is -2.12. The Morgan fingerprint density at radius 1 is 1.41 bits per heavy atom. The Bertz CT molecular complexity index is 835. The molecule has 1 aromatic carbocycles. The van der Waals surface area contributed by atoms with Crippen molar-refractivity contribution in [3.63, 3.8) is 0 Å². The number of aromatic nitrogens is 4. The first-order valence-corrected chi connectivity index (χ1v) is 7.84. The predicted molar refractivity (Wildman–Crippen MR) is 86.3 cm³/mol. The molecular formula is C14H12ClN5OS. The number of carbonyl (C=O) groups excluding carboxylic acids is 1. The average Bonchev–Trinajstić information content (AvgIpc) is 2.92. The SMILES string of the molecule is Cc1ccc(NC(=O)CSc2nnc3ncccn23)cc1Cl. The van der Waals surface area contributed by atoms with Crippen molar-refractivity contribution in [3.8, 4) is 0 Å². The van der Waals surface area contributed by atoms with Crippen LogP contribution in [-0.4, -0.2) is 31.2 Å². The number of hydrogen-bond acceptors (Lipinski definition) is 5. The van der Waals surface area contributed by atoms with Crippen LogP contribution in [0.15, 0.2) is 41.8 Å². The highest BCUT2D eigenvalue weighted by atomic mass is 35.5. The molecule has 22 heavy (non-hydrogen) atoms. The smallest absolute Gasteiger partial charge is 0.255 e. The number of halogens is 1. The summed E-state index contributed by atoms with van der Waals surface area (Å²) in [5, 5.41) is 12.0. The third-order valence-corrected chi connectivity index (χ3v) is 4.30. The van der Waals surface area contributed by atoms with Crippen LogP contribution in [0.5, 0.6) is 0 Å². The maximum absolute atomic E-state index is 12.0. The van der Waals surface area contributed by atoms with Crippen LogP contribution in [0.2, 0.25) is 5.02 Å². The van der Waals surface area contributed by atoms with Crippen molar-refractivity contribution in [2.24, 2.45) is 0 Å². The Kier molecular flexibility index (Phi) is 4.26. The van der Waals surface area contributed by atoms with Gasteiger partial charge in [-0.25, -0.2) is 4.98 Å². The van der Waals surface area contributed by atoms with Crippen LogP contribution >= 0.6 is 23.4 Å². The molecule has 2 heterocycles. The number of aryl methyl sites for hydroxylation is 1. The summed E-state index contributed by atoms with van der Waals surface area (Å²) in [6.07, 6.45) is 3.45. The summed E-state index contributed by atoms with van der Waals surface area (Å²) < 4.78 is 1.74. The zero-order chi connectivity index (χ0) is 15.5. The molecule has 0 atom stereocenters. The summed E-state index contributed by atoms with van der Waals surface area (Å²) in [4.78, 5) is 16.1. The number of hydrogen-bond donors (Lipinski definition) is 1. The molecule has 3 aromatic rings. The van der Waals surface area contributed by atoms with Gasteiger partial charge in [0, 0.05) is 23.1 Å². The van der Waals surface area contributed by atoms with Crippen LogP contribution in [0.4, 0.5) is 5.69 Å². The summed E-state index contributed by atoms with van der Waals surface area (Å²) in [7, 11) is 0. The number of thioether (sulfide) groups is 1. The van der Waals surface area contributed by atoms with Crippen molar-refractivity contribution in [2.45, 2.75) is 12.1 Å². The Morgan fingerprint density at radius 3 is 3.09 bits per heavy atom. The molecule has 0 unspecified atom stereocenters. The van der Waals surface area contributed by atoms with Crippen LogP contribution < -0.4 is 5.32 Å². The molecular weight excluding hydrogens is 322 g/mol. The molecule has 112 valence electrons. The topological polar surface area (TPSA) is 72.2 Å². The van der Waals surface area contributed by atoms with Gasteiger partial charge in [0.25, 0.3) is 5.78 Å². The molecule has 0 radical (unpaired) electrons. The van der Waals surface area contributed by atoms with Crippen molar-refractivity contribution < 1.29 is 4.79 Å². The molecule has 0 aliphatic carbocycles. The van der Waals surface area contributed by atoms with Crippen molar-refractivity contribution in [1.82, 2.24) is 19.6 Å². The van der Waals surface area contributed by atoms with E-state index < -0.39 is 0 Å². The molecule has 0 fully saturated rings. The van der Waals surface area contributed by atoms with Crippen molar-refractivity contribution in [1.29, 1.82) is 0 Å². The third kappa shape index (κ3) is 3.20. The van der Waals surface area contributed by atoms with Gasteiger partial charge in [-0.05, 0) is 30.7 Å². The Morgan fingerprint density at radius 2 is 2.27 bits per heavy atom. The van der Waals surface area contributed by atoms with E-state index >= 15 is 0 Å². The molecule has 1 N–H and O–H groups in total. The largest absolute Gasteiger partial charge is 0.325 e. The van der Waals surface area contributed by atoms with Crippen LogP contribution in [0.1, 0.15) is 5.56 Å². The normalized spacial score (nSPS) is 10.8. The van der Waals surface area contributed by atoms with Gasteiger partial charge in [0.05, 0.1) is 5.75 Å². The molecule has 0 bridgehead atoms. The van der Waals surface area contributed by atoms with E-state index in [1.807, 2.05) is 25.3 Å². The molecule has 0 aliphatic heterocycles.